The molecule has 0 saturated heterocycles. The Bertz CT molecular complexity index is 875. The molecule has 0 radical (unpaired) electrons. The summed E-state index contributed by atoms with van der Waals surface area (Å²) in [5, 5.41) is 2.94. The lowest BCUT2D eigenvalue weighted by Gasteiger charge is -2.19. The van der Waals surface area contributed by atoms with Gasteiger partial charge in [0, 0.05) is 16.8 Å². The number of fused-ring (bicyclic) bond motifs is 2. The minimum absolute atomic E-state index is 0.0323. The summed E-state index contributed by atoms with van der Waals surface area (Å²) in [6.45, 7) is 6.74. The van der Waals surface area contributed by atoms with Crippen molar-refractivity contribution in [2.75, 3.05) is 12.1 Å². The first kappa shape index (κ1) is 14.8. The second-order valence-electron chi connectivity index (χ2n) is 7.14. The van der Waals surface area contributed by atoms with Crippen LogP contribution < -0.4 is 14.8 Å². The molecule has 1 amide bonds. The highest BCUT2D eigenvalue weighted by Gasteiger charge is 2.26. The zero-order valence-electron chi connectivity index (χ0n) is 14.0. The number of ether oxygens (including phenoxy) is 2. The van der Waals surface area contributed by atoms with E-state index in [1.54, 1.807) is 0 Å². The third kappa shape index (κ3) is 2.44. The van der Waals surface area contributed by atoms with E-state index in [4.69, 9.17) is 9.47 Å². The molecule has 1 N–H and O–H groups in total. The van der Waals surface area contributed by atoms with E-state index in [2.05, 4.69) is 38.2 Å². The molecule has 4 rings (SSSR count). The van der Waals surface area contributed by atoms with Crippen molar-refractivity contribution >= 4 is 23.2 Å². The summed E-state index contributed by atoms with van der Waals surface area (Å²) in [6, 6.07) is 11.9. The highest BCUT2D eigenvalue weighted by molar-refractivity contribution is 6.35. The van der Waals surface area contributed by atoms with Crippen LogP contribution in [0.4, 0.5) is 5.69 Å². The maximum Gasteiger partial charge on any atom is 0.256 e. The molecule has 0 unspecified atom stereocenters. The van der Waals surface area contributed by atoms with Gasteiger partial charge < -0.3 is 14.8 Å². The second-order valence-corrected chi connectivity index (χ2v) is 7.14. The van der Waals surface area contributed by atoms with Crippen LogP contribution in [-0.2, 0) is 10.2 Å². The van der Waals surface area contributed by atoms with Crippen molar-refractivity contribution in [3.8, 4) is 11.5 Å². The van der Waals surface area contributed by atoms with Crippen LogP contribution in [0.25, 0.3) is 11.6 Å². The standard InChI is InChI=1S/C20H19NO3/c1-20(2,3)13-5-6-16-14(10-13)15(19(22)21-16)8-12-4-7-17-18(9-12)24-11-23-17/h4-10H,11H2,1-3H3,(H,21,22)/b15-8-. The Balaban J connectivity index is 1.78. The molecule has 0 fully saturated rings. The van der Waals surface area contributed by atoms with Crippen molar-refractivity contribution in [2.24, 2.45) is 0 Å². The fourth-order valence-corrected chi connectivity index (χ4v) is 2.97. The van der Waals surface area contributed by atoms with Crippen molar-refractivity contribution in [3.63, 3.8) is 0 Å². The highest BCUT2D eigenvalue weighted by Crippen LogP contribution is 2.38. The number of rotatable bonds is 1. The topological polar surface area (TPSA) is 47.6 Å². The lowest BCUT2D eigenvalue weighted by molar-refractivity contribution is -0.110. The number of hydrogen-bond donors (Lipinski definition) is 1. The van der Waals surface area contributed by atoms with Gasteiger partial charge in [-0.05, 0) is 46.9 Å². The summed E-state index contributed by atoms with van der Waals surface area (Å²) in [7, 11) is 0. The molecule has 2 aromatic rings. The van der Waals surface area contributed by atoms with Gasteiger partial charge in [-0.1, -0.05) is 32.9 Å². The molecule has 2 aliphatic rings. The number of benzene rings is 2. The average Bonchev–Trinajstić information content (AvgIpc) is 3.10. The van der Waals surface area contributed by atoms with Crippen LogP contribution in [0, 0.1) is 0 Å². The van der Waals surface area contributed by atoms with Gasteiger partial charge in [0.25, 0.3) is 5.91 Å². The van der Waals surface area contributed by atoms with Crippen molar-refractivity contribution in [1.82, 2.24) is 0 Å². The number of hydrogen-bond acceptors (Lipinski definition) is 3. The Morgan fingerprint density at radius 1 is 1.04 bits per heavy atom. The molecule has 4 nitrogen and oxygen atoms in total. The number of carbonyl (C=O) groups is 1. The van der Waals surface area contributed by atoms with Crippen molar-refractivity contribution in [3.05, 3.63) is 53.1 Å². The molecule has 0 aromatic heterocycles. The van der Waals surface area contributed by atoms with Crippen LogP contribution in [0.5, 0.6) is 11.5 Å². The van der Waals surface area contributed by atoms with E-state index in [9.17, 15) is 4.79 Å². The first-order valence-corrected chi connectivity index (χ1v) is 7.99. The third-order valence-corrected chi connectivity index (χ3v) is 4.38. The summed E-state index contributed by atoms with van der Waals surface area (Å²) in [5.41, 5.74) is 4.64. The first-order valence-electron chi connectivity index (χ1n) is 7.99. The predicted molar refractivity (Wildman–Crippen MR) is 94.2 cm³/mol. The number of carbonyl (C=O) groups excluding carboxylic acids is 1. The molecule has 2 aromatic carbocycles. The number of anilines is 1. The molecule has 0 bridgehead atoms. The Labute approximate surface area is 141 Å². The SMILES string of the molecule is CC(C)(C)c1ccc2c(c1)/C(=C/c1ccc3c(c1)OCO3)C(=O)N2. The van der Waals surface area contributed by atoms with Crippen LogP contribution >= 0.6 is 0 Å². The molecular weight excluding hydrogens is 302 g/mol. The van der Waals surface area contributed by atoms with Gasteiger partial charge in [-0.2, -0.15) is 0 Å². The predicted octanol–water partition coefficient (Wildman–Crippen LogP) is 4.21. The molecule has 0 saturated carbocycles. The fourth-order valence-electron chi connectivity index (χ4n) is 2.97. The minimum Gasteiger partial charge on any atom is -0.454 e. The lowest BCUT2D eigenvalue weighted by atomic mass is 9.85. The zero-order valence-corrected chi connectivity index (χ0v) is 14.0. The molecule has 2 aliphatic heterocycles. The number of nitrogens with one attached hydrogen (secondary N) is 1. The van der Waals surface area contributed by atoms with Gasteiger partial charge in [0.15, 0.2) is 11.5 Å². The molecule has 2 heterocycles. The molecule has 122 valence electrons. The second kappa shape index (κ2) is 5.13. The Hall–Kier alpha value is -2.75. The summed E-state index contributed by atoms with van der Waals surface area (Å²) in [5.74, 6) is 1.38. The first-order chi connectivity index (χ1) is 11.4. The van der Waals surface area contributed by atoms with E-state index in [-0.39, 0.29) is 18.1 Å². The summed E-state index contributed by atoms with van der Waals surface area (Å²) < 4.78 is 10.7. The van der Waals surface area contributed by atoms with Crippen molar-refractivity contribution < 1.29 is 14.3 Å². The van der Waals surface area contributed by atoms with E-state index in [0.29, 0.717) is 11.3 Å². The van der Waals surface area contributed by atoms with E-state index in [1.165, 1.54) is 5.56 Å². The van der Waals surface area contributed by atoms with Gasteiger partial charge in [0.2, 0.25) is 6.79 Å². The van der Waals surface area contributed by atoms with Gasteiger partial charge >= 0.3 is 0 Å². The average molecular weight is 321 g/mol. The molecule has 4 heteroatoms. The van der Waals surface area contributed by atoms with Gasteiger partial charge in [0.05, 0.1) is 0 Å². The molecular formula is C20H19NO3. The van der Waals surface area contributed by atoms with Gasteiger partial charge in [-0.25, -0.2) is 0 Å². The molecule has 0 aliphatic carbocycles. The zero-order chi connectivity index (χ0) is 16.9. The minimum atomic E-state index is -0.0753. The summed E-state index contributed by atoms with van der Waals surface area (Å²) >= 11 is 0. The van der Waals surface area contributed by atoms with Gasteiger partial charge in [-0.15, -0.1) is 0 Å². The Kier molecular flexibility index (Phi) is 3.17. The van der Waals surface area contributed by atoms with E-state index < -0.39 is 0 Å². The summed E-state index contributed by atoms with van der Waals surface area (Å²) in [6.07, 6.45) is 1.90. The van der Waals surface area contributed by atoms with Crippen LogP contribution in [0.2, 0.25) is 0 Å². The van der Waals surface area contributed by atoms with E-state index >= 15 is 0 Å². The van der Waals surface area contributed by atoms with Crippen LogP contribution in [0.15, 0.2) is 36.4 Å². The molecule has 24 heavy (non-hydrogen) atoms. The van der Waals surface area contributed by atoms with Gasteiger partial charge in [0.1, 0.15) is 0 Å². The lowest BCUT2D eigenvalue weighted by Crippen LogP contribution is -2.10. The molecule has 0 atom stereocenters. The van der Waals surface area contributed by atoms with E-state index in [1.807, 2.05) is 30.3 Å². The smallest absolute Gasteiger partial charge is 0.256 e. The van der Waals surface area contributed by atoms with E-state index in [0.717, 1.165) is 22.6 Å². The number of amides is 1. The van der Waals surface area contributed by atoms with Crippen LogP contribution in [-0.4, -0.2) is 12.7 Å². The van der Waals surface area contributed by atoms with Gasteiger partial charge in [-0.3, -0.25) is 4.79 Å². The maximum absolute atomic E-state index is 12.4. The quantitative estimate of drug-likeness (QED) is 0.801. The third-order valence-electron chi connectivity index (χ3n) is 4.38. The molecule has 0 spiro atoms. The van der Waals surface area contributed by atoms with Crippen molar-refractivity contribution in [1.29, 1.82) is 0 Å². The fraction of sp³-hybridized carbons (Fsp3) is 0.250. The van der Waals surface area contributed by atoms with Crippen LogP contribution in [0.1, 0.15) is 37.5 Å². The normalized spacial score (nSPS) is 17.1. The highest BCUT2D eigenvalue weighted by atomic mass is 16.7. The largest absolute Gasteiger partial charge is 0.454 e. The Morgan fingerprint density at radius 2 is 1.83 bits per heavy atom. The van der Waals surface area contributed by atoms with Crippen LogP contribution in [0.3, 0.4) is 0 Å². The van der Waals surface area contributed by atoms with Crippen molar-refractivity contribution in [2.45, 2.75) is 26.2 Å². The monoisotopic (exact) mass is 321 g/mol. The Morgan fingerprint density at radius 3 is 2.62 bits per heavy atom. The maximum atomic E-state index is 12.4. The summed E-state index contributed by atoms with van der Waals surface area (Å²) in [4.78, 5) is 12.4.